The lowest BCUT2D eigenvalue weighted by atomic mass is 10.0. The fourth-order valence-electron chi connectivity index (χ4n) is 5.05. The Bertz CT molecular complexity index is 1790. The van der Waals surface area contributed by atoms with Gasteiger partial charge in [0.2, 0.25) is 11.8 Å². The number of nitrogens with zero attached hydrogens (tertiary/aromatic N) is 2. The molecule has 0 saturated heterocycles. The Morgan fingerprint density at radius 1 is 0.875 bits per heavy atom. The highest BCUT2D eigenvalue weighted by Gasteiger charge is 2.36. The predicted octanol–water partition coefficient (Wildman–Crippen LogP) is 7.53. The van der Waals surface area contributed by atoms with Crippen LogP contribution in [0, 0.1) is 6.92 Å². The number of aryl methyl sites for hydroxylation is 1. The third-order valence-electron chi connectivity index (χ3n) is 7.72. The maximum absolute atomic E-state index is 14.5. The summed E-state index contributed by atoms with van der Waals surface area (Å²) in [7, 11) is -4.55. The van der Waals surface area contributed by atoms with Gasteiger partial charge in [0.05, 0.1) is 16.1 Å². The molecule has 0 bridgehead atoms. The van der Waals surface area contributed by atoms with Crippen molar-refractivity contribution in [2.24, 2.45) is 0 Å². The van der Waals surface area contributed by atoms with Crippen LogP contribution >= 0.6 is 15.9 Å². The largest absolute Gasteiger partial charge is 0.416 e. The second kappa shape index (κ2) is 16.3. The molecule has 4 aromatic rings. The van der Waals surface area contributed by atoms with Crippen LogP contribution in [0.1, 0.15) is 42.0 Å². The summed E-state index contributed by atoms with van der Waals surface area (Å²) in [5, 5.41) is 2.91. The third kappa shape index (κ3) is 9.70. The molecule has 7 nitrogen and oxygen atoms in total. The van der Waals surface area contributed by atoms with Crippen LogP contribution in [0.5, 0.6) is 0 Å². The van der Waals surface area contributed by atoms with Crippen molar-refractivity contribution in [2.75, 3.05) is 17.4 Å². The lowest BCUT2D eigenvalue weighted by Gasteiger charge is -2.34. The number of halogens is 4. The van der Waals surface area contributed by atoms with Crippen molar-refractivity contribution in [3.05, 3.63) is 130 Å². The van der Waals surface area contributed by atoms with Crippen LogP contribution in [0.4, 0.5) is 18.9 Å². The smallest absolute Gasteiger partial charge is 0.354 e. The van der Waals surface area contributed by atoms with Gasteiger partial charge in [0.25, 0.3) is 10.0 Å². The Morgan fingerprint density at radius 3 is 2.17 bits per heavy atom. The number of carbonyl (C=O) groups excluding carboxylic acids is 2. The number of benzene rings is 4. The molecule has 0 aliphatic carbocycles. The van der Waals surface area contributed by atoms with Gasteiger partial charge in [-0.15, -0.1) is 0 Å². The number of amides is 2. The molecule has 0 unspecified atom stereocenters. The monoisotopic (exact) mass is 743 g/mol. The average molecular weight is 745 g/mol. The van der Waals surface area contributed by atoms with E-state index in [0.29, 0.717) is 28.9 Å². The van der Waals surface area contributed by atoms with E-state index in [4.69, 9.17) is 0 Å². The molecule has 0 saturated carbocycles. The van der Waals surface area contributed by atoms with Crippen LogP contribution in [0.3, 0.4) is 0 Å². The quantitative estimate of drug-likeness (QED) is 0.135. The predicted molar refractivity (Wildman–Crippen MR) is 184 cm³/mol. The van der Waals surface area contributed by atoms with Gasteiger partial charge in [-0.2, -0.15) is 13.2 Å². The van der Waals surface area contributed by atoms with E-state index in [2.05, 4.69) is 21.2 Å². The summed E-state index contributed by atoms with van der Waals surface area (Å²) in [5.74, 6) is -1.19. The van der Waals surface area contributed by atoms with Crippen molar-refractivity contribution in [3.8, 4) is 0 Å². The summed E-state index contributed by atoms with van der Waals surface area (Å²) >= 11 is 3.40. The SMILES string of the molecule is CCCCNC(=O)[C@H](Cc1ccccc1)N(Cc1ccc(Br)cc1)C(=O)CN(c1cccc(C(F)(F)F)c1)S(=O)(=O)c1ccc(C)cc1. The number of anilines is 1. The zero-order valence-corrected chi connectivity index (χ0v) is 29.0. The third-order valence-corrected chi connectivity index (χ3v) is 10.0. The fraction of sp³-hybridized carbons (Fsp3) is 0.278. The van der Waals surface area contributed by atoms with Gasteiger partial charge in [-0.3, -0.25) is 13.9 Å². The van der Waals surface area contributed by atoms with Gasteiger partial charge in [0.1, 0.15) is 12.6 Å². The highest BCUT2D eigenvalue weighted by Crippen LogP contribution is 2.33. The molecule has 254 valence electrons. The van der Waals surface area contributed by atoms with E-state index < -0.39 is 46.2 Å². The molecule has 0 radical (unpaired) electrons. The second-order valence-corrected chi connectivity index (χ2v) is 14.1. The van der Waals surface area contributed by atoms with Gasteiger partial charge in [-0.1, -0.05) is 95.5 Å². The molecule has 0 fully saturated rings. The van der Waals surface area contributed by atoms with Crippen LogP contribution in [-0.4, -0.2) is 44.3 Å². The molecule has 0 aromatic heterocycles. The number of alkyl halides is 3. The first-order valence-corrected chi connectivity index (χ1v) is 17.6. The molecular weight excluding hydrogens is 707 g/mol. The van der Waals surface area contributed by atoms with Crippen molar-refractivity contribution in [3.63, 3.8) is 0 Å². The number of carbonyl (C=O) groups is 2. The molecule has 4 aromatic carbocycles. The van der Waals surface area contributed by atoms with Crippen LogP contribution in [0.2, 0.25) is 0 Å². The number of unbranched alkanes of at least 4 members (excludes halogenated alkanes) is 1. The minimum absolute atomic E-state index is 0.0637. The van der Waals surface area contributed by atoms with Gasteiger partial charge < -0.3 is 10.2 Å². The standard InChI is InChI=1S/C36H37BrF3N3O4S/c1-3-4-21-41-35(45)33(22-27-9-6-5-7-10-27)42(24-28-15-17-30(37)18-16-28)34(44)25-43(31-12-8-11-29(23-31)36(38,39)40)48(46,47)32-19-13-26(2)14-20-32/h5-20,23,33H,3-4,21-22,24-25H2,1-2H3,(H,41,45)/t33-/m0/s1. The molecule has 48 heavy (non-hydrogen) atoms. The first kappa shape index (κ1) is 36.7. The zero-order chi connectivity index (χ0) is 34.9. The molecule has 2 amide bonds. The number of rotatable bonds is 14. The first-order valence-electron chi connectivity index (χ1n) is 15.4. The van der Waals surface area contributed by atoms with Gasteiger partial charge in [-0.25, -0.2) is 8.42 Å². The minimum atomic E-state index is -4.76. The van der Waals surface area contributed by atoms with Crippen LogP contribution < -0.4 is 9.62 Å². The maximum Gasteiger partial charge on any atom is 0.416 e. The summed E-state index contributed by atoms with van der Waals surface area (Å²) in [6.07, 6.45) is -3.10. The Kier molecular flexibility index (Phi) is 12.4. The van der Waals surface area contributed by atoms with Crippen molar-refractivity contribution >= 4 is 43.5 Å². The van der Waals surface area contributed by atoms with Crippen LogP contribution in [-0.2, 0) is 38.8 Å². The van der Waals surface area contributed by atoms with E-state index in [1.54, 1.807) is 43.3 Å². The Morgan fingerprint density at radius 2 is 1.54 bits per heavy atom. The summed E-state index contributed by atoms with van der Waals surface area (Å²) in [4.78, 5) is 29.4. The zero-order valence-electron chi connectivity index (χ0n) is 26.6. The molecule has 0 aliphatic heterocycles. The van der Waals surface area contributed by atoms with Crippen molar-refractivity contribution < 1.29 is 31.2 Å². The van der Waals surface area contributed by atoms with E-state index in [-0.39, 0.29) is 23.5 Å². The topological polar surface area (TPSA) is 86.8 Å². The summed E-state index contributed by atoms with van der Waals surface area (Å²) in [5.41, 5.74) is 0.797. The van der Waals surface area contributed by atoms with E-state index in [1.165, 1.54) is 23.1 Å². The molecule has 0 heterocycles. The van der Waals surface area contributed by atoms with Gasteiger partial charge in [0, 0.05) is 24.0 Å². The van der Waals surface area contributed by atoms with Gasteiger partial charge in [0.15, 0.2) is 0 Å². The Balaban J connectivity index is 1.83. The Labute approximate surface area is 287 Å². The molecule has 1 N–H and O–H groups in total. The van der Waals surface area contributed by atoms with Crippen molar-refractivity contribution in [1.29, 1.82) is 0 Å². The van der Waals surface area contributed by atoms with Crippen LogP contribution in [0.25, 0.3) is 0 Å². The van der Waals surface area contributed by atoms with Crippen molar-refractivity contribution in [1.82, 2.24) is 10.2 Å². The molecule has 12 heteroatoms. The average Bonchev–Trinajstić information content (AvgIpc) is 3.06. The van der Waals surface area contributed by atoms with Crippen LogP contribution in [0.15, 0.2) is 112 Å². The van der Waals surface area contributed by atoms with E-state index in [1.807, 2.05) is 37.3 Å². The highest BCUT2D eigenvalue weighted by molar-refractivity contribution is 9.10. The normalized spacial score (nSPS) is 12.3. The van der Waals surface area contributed by atoms with E-state index in [9.17, 15) is 31.2 Å². The fourth-order valence-corrected chi connectivity index (χ4v) is 6.72. The summed E-state index contributed by atoms with van der Waals surface area (Å²) in [6, 6.07) is 24.8. The first-order chi connectivity index (χ1) is 22.8. The number of hydrogen-bond acceptors (Lipinski definition) is 4. The molecule has 0 spiro atoms. The highest BCUT2D eigenvalue weighted by atomic mass is 79.9. The molecule has 4 rings (SSSR count). The lowest BCUT2D eigenvalue weighted by Crippen LogP contribution is -2.53. The Hall–Kier alpha value is -4.16. The summed E-state index contributed by atoms with van der Waals surface area (Å²) < 4.78 is 71.1. The van der Waals surface area contributed by atoms with E-state index >= 15 is 0 Å². The van der Waals surface area contributed by atoms with Gasteiger partial charge >= 0.3 is 6.18 Å². The van der Waals surface area contributed by atoms with Crippen molar-refractivity contribution in [2.45, 2.75) is 56.8 Å². The second-order valence-electron chi connectivity index (χ2n) is 11.4. The lowest BCUT2D eigenvalue weighted by molar-refractivity contribution is -0.140. The maximum atomic E-state index is 14.5. The number of hydrogen-bond donors (Lipinski definition) is 1. The number of nitrogens with one attached hydrogen (secondary N) is 1. The van der Waals surface area contributed by atoms with E-state index in [0.717, 1.165) is 34.2 Å². The van der Waals surface area contributed by atoms with Gasteiger partial charge in [-0.05, 0) is 66.9 Å². The number of sulfonamides is 1. The minimum Gasteiger partial charge on any atom is -0.354 e. The molecular formula is C36H37BrF3N3O4S. The summed E-state index contributed by atoms with van der Waals surface area (Å²) in [6.45, 7) is 3.20. The molecule has 1 atom stereocenters. The molecule has 0 aliphatic rings.